The Morgan fingerprint density at radius 3 is 2.50 bits per heavy atom. The quantitative estimate of drug-likeness (QED) is 0.765. The van der Waals surface area contributed by atoms with E-state index in [1.807, 2.05) is 0 Å². The molecule has 2 N–H and O–H groups in total. The van der Waals surface area contributed by atoms with Crippen LogP contribution in [0.3, 0.4) is 0 Å². The molecule has 1 fully saturated rings. The van der Waals surface area contributed by atoms with Crippen molar-refractivity contribution in [2.45, 2.75) is 50.0 Å². The van der Waals surface area contributed by atoms with E-state index in [0.717, 1.165) is 25.7 Å². The molecule has 8 heteroatoms. The third-order valence-electron chi connectivity index (χ3n) is 4.31. The summed E-state index contributed by atoms with van der Waals surface area (Å²) in [6.07, 6.45) is 3.64. The summed E-state index contributed by atoms with van der Waals surface area (Å²) < 4.78 is 35.2. The van der Waals surface area contributed by atoms with E-state index >= 15 is 0 Å². The van der Waals surface area contributed by atoms with Crippen LogP contribution in [0.25, 0.3) is 0 Å². The van der Waals surface area contributed by atoms with E-state index in [9.17, 15) is 8.42 Å². The highest BCUT2D eigenvalue weighted by Gasteiger charge is 2.36. The predicted octanol–water partition coefficient (Wildman–Crippen LogP) is 0.637. The first-order valence-electron chi connectivity index (χ1n) is 7.56. The average molecular weight is 331 g/mol. The molecule has 22 heavy (non-hydrogen) atoms. The average Bonchev–Trinajstić information content (AvgIpc) is 3.01. The SMILES string of the molecule is Cc1nn(C)c(C)c1S(=O)(=O)NCC1(OCCO)CCCC1. The van der Waals surface area contributed by atoms with Gasteiger partial charge in [-0.05, 0) is 26.7 Å². The van der Waals surface area contributed by atoms with Crippen molar-refractivity contribution in [2.24, 2.45) is 7.05 Å². The molecule has 2 rings (SSSR count). The monoisotopic (exact) mass is 331 g/mol. The second-order valence-corrected chi connectivity index (χ2v) is 7.61. The molecule has 0 aromatic carbocycles. The topological polar surface area (TPSA) is 93.5 Å². The normalized spacial score (nSPS) is 18.0. The number of aliphatic hydroxyl groups excluding tert-OH is 1. The predicted molar refractivity (Wildman–Crippen MR) is 82.1 cm³/mol. The van der Waals surface area contributed by atoms with Gasteiger partial charge >= 0.3 is 0 Å². The van der Waals surface area contributed by atoms with Crippen LogP contribution in [-0.2, 0) is 21.8 Å². The van der Waals surface area contributed by atoms with Gasteiger partial charge in [0.05, 0.1) is 30.2 Å². The van der Waals surface area contributed by atoms with Gasteiger partial charge in [0.2, 0.25) is 10.0 Å². The highest BCUT2D eigenvalue weighted by Crippen LogP contribution is 2.33. The van der Waals surface area contributed by atoms with Gasteiger partial charge in [-0.15, -0.1) is 0 Å². The van der Waals surface area contributed by atoms with E-state index in [0.29, 0.717) is 11.4 Å². The van der Waals surface area contributed by atoms with E-state index in [2.05, 4.69) is 9.82 Å². The second kappa shape index (κ2) is 6.66. The molecular weight excluding hydrogens is 306 g/mol. The summed E-state index contributed by atoms with van der Waals surface area (Å²) >= 11 is 0. The molecule has 0 aliphatic heterocycles. The largest absolute Gasteiger partial charge is 0.394 e. The van der Waals surface area contributed by atoms with Crippen LogP contribution >= 0.6 is 0 Å². The van der Waals surface area contributed by atoms with E-state index in [1.54, 1.807) is 25.6 Å². The van der Waals surface area contributed by atoms with Gasteiger partial charge in [-0.2, -0.15) is 5.10 Å². The Morgan fingerprint density at radius 1 is 1.36 bits per heavy atom. The van der Waals surface area contributed by atoms with E-state index in [-0.39, 0.29) is 24.7 Å². The maximum absolute atomic E-state index is 12.6. The molecule has 0 unspecified atom stereocenters. The molecule has 0 atom stereocenters. The van der Waals surface area contributed by atoms with Gasteiger partial charge in [0.15, 0.2) is 0 Å². The third-order valence-corrected chi connectivity index (χ3v) is 5.96. The van der Waals surface area contributed by atoms with Crippen molar-refractivity contribution in [1.29, 1.82) is 0 Å². The molecule has 0 radical (unpaired) electrons. The van der Waals surface area contributed by atoms with Crippen LogP contribution in [0.1, 0.15) is 37.1 Å². The van der Waals surface area contributed by atoms with Gasteiger partial charge in [-0.1, -0.05) is 12.8 Å². The fourth-order valence-corrected chi connectivity index (χ4v) is 4.64. The summed E-state index contributed by atoms with van der Waals surface area (Å²) in [4.78, 5) is 0.241. The first-order valence-corrected chi connectivity index (χ1v) is 9.04. The Hall–Kier alpha value is -0.960. The lowest BCUT2D eigenvalue weighted by atomic mass is 10.0. The van der Waals surface area contributed by atoms with Gasteiger partial charge in [0.25, 0.3) is 0 Å². The highest BCUT2D eigenvalue weighted by atomic mass is 32.2. The number of aromatic nitrogens is 2. The maximum Gasteiger partial charge on any atom is 0.244 e. The smallest absolute Gasteiger partial charge is 0.244 e. The molecule has 0 bridgehead atoms. The van der Waals surface area contributed by atoms with Gasteiger partial charge in [-0.25, -0.2) is 13.1 Å². The first kappa shape index (κ1) is 17.4. The first-order chi connectivity index (χ1) is 10.3. The number of ether oxygens (including phenoxy) is 1. The van der Waals surface area contributed by atoms with Crippen molar-refractivity contribution in [1.82, 2.24) is 14.5 Å². The summed E-state index contributed by atoms with van der Waals surface area (Å²) in [5, 5.41) is 13.1. The maximum atomic E-state index is 12.6. The zero-order valence-electron chi connectivity index (χ0n) is 13.4. The van der Waals surface area contributed by atoms with Crippen LogP contribution in [0.2, 0.25) is 0 Å². The zero-order chi connectivity index (χ0) is 16.4. The summed E-state index contributed by atoms with van der Waals surface area (Å²) in [6.45, 7) is 3.82. The van der Waals surface area contributed by atoms with Crippen molar-refractivity contribution < 1.29 is 18.3 Å². The minimum atomic E-state index is -3.63. The molecule has 1 saturated carbocycles. The summed E-state index contributed by atoms with van der Waals surface area (Å²) in [6, 6.07) is 0. The van der Waals surface area contributed by atoms with Crippen LogP contribution in [0.15, 0.2) is 4.90 Å². The lowest BCUT2D eigenvalue weighted by Crippen LogP contribution is -2.43. The van der Waals surface area contributed by atoms with Crippen LogP contribution in [0.5, 0.6) is 0 Å². The lowest BCUT2D eigenvalue weighted by Gasteiger charge is -2.29. The summed E-state index contributed by atoms with van der Waals surface area (Å²) in [5.74, 6) is 0. The Kier molecular flexibility index (Phi) is 5.26. The minimum Gasteiger partial charge on any atom is -0.394 e. The molecule has 0 saturated heterocycles. The van der Waals surface area contributed by atoms with Gasteiger partial charge in [-0.3, -0.25) is 4.68 Å². The van der Waals surface area contributed by atoms with Crippen LogP contribution in [0.4, 0.5) is 0 Å². The van der Waals surface area contributed by atoms with Gasteiger partial charge in [0.1, 0.15) is 4.90 Å². The zero-order valence-corrected chi connectivity index (χ0v) is 14.2. The minimum absolute atomic E-state index is 0.0602. The number of hydrogen-bond donors (Lipinski definition) is 2. The number of aliphatic hydroxyl groups is 1. The molecule has 0 spiro atoms. The number of nitrogens with zero attached hydrogens (tertiary/aromatic N) is 2. The van der Waals surface area contributed by atoms with Crippen molar-refractivity contribution in [2.75, 3.05) is 19.8 Å². The Bertz CT molecular complexity index is 618. The summed E-state index contributed by atoms with van der Waals surface area (Å²) in [5.41, 5.74) is 0.603. The molecule has 1 aliphatic carbocycles. The number of aryl methyl sites for hydroxylation is 2. The Balaban J connectivity index is 2.14. The molecular formula is C14H25N3O4S. The van der Waals surface area contributed by atoms with Gasteiger partial charge in [0, 0.05) is 13.6 Å². The van der Waals surface area contributed by atoms with Crippen LogP contribution < -0.4 is 4.72 Å². The Morgan fingerprint density at radius 2 is 2.00 bits per heavy atom. The van der Waals surface area contributed by atoms with Crippen molar-refractivity contribution in [3.05, 3.63) is 11.4 Å². The van der Waals surface area contributed by atoms with Crippen molar-refractivity contribution in [3.63, 3.8) is 0 Å². The fourth-order valence-electron chi connectivity index (χ4n) is 3.10. The molecule has 7 nitrogen and oxygen atoms in total. The van der Waals surface area contributed by atoms with Crippen molar-refractivity contribution >= 4 is 10.0 Å². The molecule has 1 aliphatic rings. The molecule has 0 amide bonds. The van der Waals surface area contributed by atoms with Crippen LogP contribution in [-0.4, -0.2) is 48.7 Å². The molecule has 126 valence electrons. The fraction of sp³-hybridized carbons (Fsp3) is 0.786. The number of hydrogen-bond acceptors (Lipinski definition) is 5. The number of nitrogens with one attached hydrogen (secondary N) is 1. The van der Waals surface area contributed by atoms with E-state index < -0.39 is 15.6 Å². The number of sulfonamides is 1. The van der Waals surface area contributed by atoms with E-state index in [1.165, 1.54) is 0 Å². The Labute approximate surface area is 131 Å². The van der Waals surface area contributed by atoms with Crippen LogP contribution in [0, 0.1) is 13.8 Å². The third kappa shape index (κ3) is 3.51. The van der Waals surface area contributed by atoms with E-state index in [4.69, 9.17) is 9.84 Å². The highest BCUT2D eigenvalue weighted by molar-refractivity contribution is 7.89. The number of rotatable bonds is 7. The molecule has 1 aromatic rings. The summed E-state index contributed by atoms with van der Waals surface area (Å²) in [7, 11) is -1.90. The standard InChI is InChI=1S/C14H25N3O4S/c1-11-13(12(2)17(3)16-11)22(19,20)15-10-14(21-9-8-18)6-4-5-7-14/h15,18H,4-10H2,1-3H3. The molecule has 1 heterocycles. The van der Waals surface area contributed by atoms with Gasteiger partial charge < -0.3 is 9.84 Å². The van der Waals surface area contributed by atoms with Crippen molar-refractivity contribution in [3.8, 4) is 0 Å². The lowest BCUT2D eigenvalue weighted by molar-refractivity contribution is -0.0492. The molecule has 1 aromatic heterocycles. The second-order valence-electron chi connectivity index (χ2n) is 5.91.